The first kappa shape index (κ1) is 17.1. The van der Waals surface area contributed by atoms with Crippen molar-refractivity contribution in [2.24, 2.45) is 0 Å². The molecule has 0 radical (unpaired) electrons. The summed E-state index contributed by atoms with van der Waals surface area (Å²) in [4.78, 5) is 12.3. The molecule has 1 unspecified atom stereocenters. The second-order valence-electron chi connectivity index (χ2n) is 3.74. The van der Waals surface area contributed by atoms with E-state index in [9.17, 15) is 9.00 Å². The van der Waals surface area contributed by atoms with Gasteiger partial charge in [-0.15, -0.1) is 12.4 Å². The van der Waals surface area contributed by atoms with Crippen molar-refractivity contribution in [2.75, 3.05) is 25.2 Å². The standard InChI is InChI=1S/C12H18N2O2S.ClH/c1-13-8-4-7-12(15)14-10-5-3-6-11(9-10)17(2)16;/h3,5-6,9,13H,4,7-8H2,1-2H3,(H,14,15);1H. The van der Waals surface area contributed by atoms with E-state index >= 15 is 0 Å². The maximum Gasteiger partial charge on any atom is 0.224 e. The van der Waals surface area contributed by atoms with Gasteiger partial charge in [0.25, 0.3) is 0 Å². The SMILES string of the molecule is CNCCCC(=O)Nc1cccc(S(C)=O)c1.Cl. The number of amides is 1. The Bertz CT molecular complexity index is 413. The third kappa shape index (κ3) is 6.14. The summed E-state index contributed by atoms with van der Waals surface area (Å²) in [5.41, 5.74) is 0.701. The Hall–Kier alpha value is -0.910. The molecule has 0 spiro atoms. The van der Waals surface area contributed by atoms with E-state index in [2.05, 4.69) is 10.6 Å². The number of hydrogen-bond donors (Lipinski definition) is 2. The van der Waals surface area contributed by atoms with Gasteiger partial charge in [-0.3, -0.25) is 9.00 Å². The number of anilines is 1. The molecule has 1 atom stereocenters. The molecule has 0 saturated heterocycles. The normalized spacial score (nSPS) is 11.4. The molecular formula is C12H19ClN2O2S. The lowest BCUT2D eigenvalue weighted by atomic mass is 10.2. The Kier molecular flexibility index (Phi) is 8.62. The quantitative estimate of drug-likeness (QED) is 0.785. The summed E-state index contributed by atoms with van der Waals surface area (Å²) in [6.07, 6.45) is 2.91. The summed E-state index contributed by atoms with van der Waals surface area (Å²) >= 11 is 0. The van der Waals surface area contributed by atoms with Gasteiger partial charge in [-0.1, -0.05) is 6.07 Å². The molecule has 2 N–H and O–H groups in total. The molecule has 0 fully saturated rings. The van der Waals surface area contributed by atoms with Gasteiger partial charge in [0.2, 0.25) is 5.91 Å². The summed E-state index contributed by atoms with van der Waals surface area (Å²) in [6, 6.07) is 7.12. The van der Waals surface area contributed by atoms with Gasteiger partial charge in [0, 0.05) is 34.1 Å². The fourth-order valence-electron chi connectivity index (χ4n) is 1.40. The van der Waals surface area contributed by atoms with Gasteiger partial charge in [-0.2, -0.15) is 0 Å². The average Bonchev–Trinajstić information content (AvgIpc) is 2.29. The van der Waals surface area contributed by atoms with Crippen LogP contribution in [0.25, 0.3) is 0 Å². The summed E-state index contributed by atoms with van der Waals surface area (Å²) in [6.45, 7) is 0.826. The highest BCUT2D eigenvalue weighted by atomic mass is 35.5. The Labute approximate surface area is 116 Å². The first-order valence-corrected chi connectivity index (χ1v) is 7.07. The third-order valence-corrected chi connectivity index (χ3v) is 3.20. The number of carbonyl (C=O) groups excluding carboxylic acids is 1. The molecule has 102 valence electrons. The number of hydrogen-bond acceptors (Lipinski definition) is 3. The fraction of sp³-hybridized carbons (Fsp3) is 0.417. The lowest BCUT2D eigenvalue weighted by Gasteiger charge is -2.06. The molecule has 1 aromatic carbocycles. The molecule has 1 amide bonds. The minimum absolute atomic E-state index is 0. The maximum absolute atomic E-state index is 11.6. The van der Waals surface area contributed by atoms with Crippen LogP contribution in [0.5, 0.6) is 0 Å². The molecule has 6 heteroatoms. The molecule has 0 saturated carbocycles. The summed E-state index contributed by atoms with van der Waals surface area (Å²) in [5, 5.41) is 5.79. The van der Waals surface area contributed by atoms with Crippen LogP contribution in [0.3, 0.4) is 0 Å². The monoisotopic (exact) mass is 290 g/mol. The predicted octanol–water partition coefficient (Wildman–Crippen LogP) is 1.78. The predicted molar refractivity (Wildman–Crippen MR) is 77.8 cm³/mol. The number of nitrogens with one attached hydrogen (secondary N) is 2. The van der Waals surface area contributed by atoms with Crippen LogP contribution in [-0.2, 0) is 15.6 Å². The van der Waals surface area contributed by atoms with Gasteiger partial charge in [0.05, 0.1) is 0 Å². The van der Waals surface area contributed by atoms with Crippen molar-refractivity contribution in [3.8, 4) is 0 Å². The van der Waals surface area contributed by atoms with E-state index < -0.39 is 10.8 Å². The summed E-state index contributed by atoms with van der Waals surface area (Å²) in [5.74, 6) is -0.0146. The van der Waals surface area contributed by atoms with E-state index in [0.717, 1.165) is 17.9 Å². The third-order valence-electron chi connectivity index (χ3n) is 2.28. The maximum atomic E-state index is 11.6. The van der Waals surface area contributed by atoms with Gasteiger partial charge < -0.3 is 10.6 Å². The lowest BCUT2D eigenvalue weighted by Crippen LogP contribution is -2.15. The van der Waals surface area contributed by atoms with Gasteiger partial charge >= 0.3 is 0 Å². The molecule has 0 aliphatic carbocycles. The Morgan fingerprint density at radius 1 is 1.39 bits per heavy atom. The first-order chi connectivity index (χ1) is 8.13. The summed E-state index contributed by atoms with van der Waals surface area (Å²) < 4.78 is 11.3. The minimum atomic E-state index is -1.02. The van der Waals surface area contributed by atoms with Crippen LogP contribution in [0.15, 0.2) is 29.2 Å². The van der Waals surface area contributed by atoms with Crippen LogP contribution < -0.4 is 10.6 Å². The van der Waals surface area contributed by atoms with Crippen molar-refractivity contribution < 1.29 is 9.00 Å². The zero-order valence-corrected chi connectivity index (χ0v) is 12.2. The molecule has 0 aliphatic heterocycles. The summed E-state index contributed by atoms with van der Waals surface area (Å²) in [7, 11) is 0.837. The van der Waals surface area contributed by atoms with E-state index in [0.29, 0.717) is 12.1 Å². The van der Waals surface area contributed by atoms with E-state index in [-0.39, 0.29) is 18.3 Å². The van der Waals surface area contributed by atoms with Crippen LogP contribution in [0, 0.1) is 0 Å². The molecule has 1 aromatic rings. The van der Waals surface area contributed by atoms with Crippen LogP contribution in [0.2, 0.25) is 0 Å². The molecular weight excluding hydrogens is 272 g/mol. The van der Waals surface area contributed by atoms with Crippen molar-refractivity contribution in [3.63, 3.8) is 0 Å². The molecule has 0 aromatic heterocycles. The molecule has 0 aliphatic rings. The van der Waals surface area contributed by atoms with E-state index in [4.69, 9.17) is 0 Å². The Morgan fingerprint density at radius 2 is 2.11 bits per heavy atom. The second kappa shape index (κ2) is 9.08. The lowest BCUT2D eigenvalue weighted by molar-refractivity contribution is -0.116. The van der Waals surface area contributed by atoms with E-state index in [1.54, 1.807) is 30.5 Å². The van der Waals surface area contributed by atoms with Gasteiger partial charge in [-0.25, -0.2) is 0 Å². The van der Waals surface area contributed by atoms with Crippen molar-refractivity contribution in [2.45, 2.75) is 17.7 Å². The topological polar surface area (TPSA) is 58.2 Å². The molecule has 1 rings (SSSR count). The zero-order chi connectivity index (χ0) is 12.7. The van der Waals surface area contributed by atoms with Gasteiger partial charge in [0.15, 0.2) is 0 Å². The van der Waals surface area contributed by atoms with Crippen molar-refractivity contribution in [1.82, 2.24) is 5.32 Å². The molecule has 0 heterocycles. The van der Waals surface area contributed by atoms with Crippen molar-refractivity contribution in [1.29, 1.82) is 0 Å². The first-order valence-electron chi connectivity index (χ1n) is 5.51. The largest absolute Gasteiger partial charge is 0.326 e. The molecule has 18 heavy (non-hydrogen) atoms. The minimum Gasteiger partial charge on any atom is -0.326 e. The number of benzene rings is 1. The number of halogens is 1. The highest BCUT2D eigenvalue weighted by Gasteiger charge is 2.03. The van der Waals surface area contributed by atoms with Gasteiger partial charge in [0.1, 0.15) is 0 Å². The van der Waals surface area contributed by atoms with Crippen molar-refractivity contribution >= 4 is 34.8 Å². The van der Waals surface area contributed by atoms with Crippen LogP contribution in [0.1, 0.15) is 12.8 Å². The van der Waals surface area contributed by atoms with E-state index in [1.807, 2.05) is 7.05 Å². The van der Waals surface area contributed by atoms with Crippen molar-refractivity contribution in [3.05, 3.63) is 24.3 Å². The smallest absolute Gasteiger partial charge is 0.224 e. The second-order valence-corrected chi connectivity index (χ2v) is 5.12. The fourth-order valence-corrected chi connectivity index (χ4v) is 1.97. The van der Waals surface area contributed by atoms with Crippen LogP contribution >= 0.6 is 12.4 Å². The molecule has 4 nitrogen and oxygen atoms in total. The average molecular weight is 291 g/mol. The Morgan fingerprint density at radius 3 is 2.72 bits per heavy atom. The highest BCUT2D eigenvalue weighted by Crippen LogP contribution is 2.13. The van der Waals surface area contributed by atoms with E-state index in [1.165, 1.54) is 0 Å². The number of carbonyl (C=O) groups is 1. The number of rotatable bonds is 6. The van der Waals surface area contributed by atoms with Gasteiger partial charge in [-0.05, 0) is 38.2 Å². The Balaban J connectivity index is 0.00000289. The highest BCUT2D eigenvalue weighted by molar-refractivity contribution is 7.84. The zero-order valence-electron chi connectivity index (χ0n) is 10.6. The van der Waals surface area contributed by atoms with Crippen LogP contribution in [-0.4, -0.2) is 30.0 Å². The van der Waals surface area contributed by atoms with Crippen LogP contribution in [0.4, 0.5) is 5.69 Å². The molecule has 0 bridgehead atoms.